The van der Waals surface area contributed by atoms with Crippen molar-refractivity contribution in [3.05, 3.63) is 44.6 Å². The Bertz CT molecular complexity index is 1030. The van der Waals surface area contributed by atoms with Crippen molar-refractivity contribution in [1.82, 2.24) is 25.5 Å². The predicted octanol–water partition coefficient (Wildman–Crippen LogP) is 3.85. The molecule has 0 unspecified atom stereocenters. The minimum atomic E-state index is -4.85. The Labute approximate surface area is 185 Å². The van der Waals surface area contributed by atoms with Crippen molar-refractivity contribution in [1.29, 1.82) is 0 Å². The first-order valence-electron chi connectivity index (χ1n) is 8.89. The van der Waals surface area contributed by atoms with Crippen LogP contribution in [0.15, 0.2) is 17.6 Å². The summed E-state index contributed by atoms with van der Waals surface area (Å²) >= 11 is 5.95. The zero-order valence-electron chi connectivity index (χ0n) is 16.0. The number of thiazole rings is 1. The normalized spacial score (nSPS) is 18.3. The SMILES string of the molecule is C[C@@H]1C(=O)NCCN1C(=O)N[C@@H](c1cnc(C(F)(F)F)c(Cl)c1)c1csc(C(F)(F)F)n1. The molecule has 15 heteroatoms. The summed E-state index contributed by atoms with van der Waals surface area (Å²) in [7, 11) is 0. The first-order valence-corrected chi connectivity index (χ1v) is 10.1. The summed E-state index contributed by atoms with van der Waals surface area (Å²) in [5.41, 5.74) is -1.78. The van der Waals surface area contributed by atoms with E-state index in [9.17, 15) is 35.9 Å². The lowest BCUT2D eigenvalue weighted by Crippen LogP contribution is -2.58. The van der Waals surface area contributed by atoms with Crippen molar-refractivity contribution in [2.75, 3.05) is 13.1 Å². The molecule has 3 rings (SSSR count). The van der Waals surface area contributed by atoms with Gasteiger partial charge < -0.3 is 15.5 Å². The number of pyridine rings is 1. The van der Waals surface area contributed by atoms with Crippen LogP contribution in [0.4, 0.5) is 31.1 Å². The number of carbonyl (C=O) groups excluding carboxylic acids is 2. The highest BCUT2D eigenvalue weighted by molar-refractivity contribution is 7.09. The summed E-state index contributed by atoms with van der Waals surface area (Å²) < 4.78 is 78.0. The van der Waals surface area contributed by atoms with E-state index < -0.39 is 52.1 Å². The molecule has 2 aromatic heterocycles. The molecular weight excluding hydrogens is 488 g/mol. The summed E-state index contributed by atoms with van der Waals surface area (Å²) in [5.74, 6) is -0.435. The number of aromatic nitrogens is 2. The van der Waals surface area contributed by atoms with Crippen LogP contribution in [0, 0.1) is 0 Å². The second-order valence-electron chi connectivity index (χ2n) is 6.72. The summed E-state index contributed by atoms with van der Waals surface area (Å²) in [5, 5.41) is 3.99. The maximum Gasteiger partial charge on any atom is 0.443 e. The molecule has 1 saturated heterocycles. The van der Waals surface area contributed by atoms with Crippen molar-refractivity contribution in [3.63, 3.8) is 0 Å². The highest BCUT2D eigenvalue weighted by Crippen LogP contribution is 2.37. The molecule has 0 bridgehead atoms. The summed E-state index contributed by atoms with van der Waals surface area (Å²) in [6.45, 7) is 1.72. The van der Waals surface area contributed by atoms with Gasteiger partial charge >= 0.3 is 18.4 Å². The first-order chi connectivity index (χ1) is 14.8. The Balaban J connectivity index is 1.99. The van der Waals surface area contributed by atoms with Gasteiger partial charge in [0.2, 0.25) is 5.91 Å². The Kier molecular flexibility index (Phi) is 6.56. The van der Waals surface area contributed by atoms with Crippen LogP contribution in [0.1, 0.15) is 34.9 Å². The number of hydrogen-bond acceptors (Lipinski definition) is 5. The third kappa shape index (κ3) is 5.06. The minimum absolute atomic E-state index is 0.113. The van der Waals surface area contributed by atoms with Gasteiger partial charge in [-0.25, -0.2) is 14.8 Å². The van der Waals surface area contributed by atoms with Gasteiger partial charge in [-0.05, 0) is 13.0 Å². The number of carbonyl (C=O) groups is 2. The molecule has 32 heavy (non-hydrogen) atoms. The third-order valence-electron chi connectivity index (χ3n) is 4.55. The van der Waals surface area contributed by atoms with Gasteiger partial charge in [0.05, 0.1) is 10.7 Å². The van der Waals surface area contributed by atoms with E-state index in [0.717, 1.165) is 22.5 Å². The molecule has 0 saturated carbocycles. The minimum Gasteiger partial charge on any atom is -0.353 e. The summed E-state index contributed by atoms with van der Waals surface area (Å²) in [6, 6.07) is -2.25. The van der Waals surface area contributed by atoms with Gasteiger partial charge in [0.1, 0.15) is 12.1 Å². The fraction of sp³-hybridized carbons (Fsp3) is 0.412. The summed E-state index contributed by atoms with van der Waals surface area (Å²) in [6.07, 6.45) is -8.86. The molecule has 0 aliphatic carbocycles. The molecule has 3 amide bonds. The number of hydrogen-bond donors (Lipinski definition) is 2. The van der Waals surface area contributed by atoms with E-state index >= 15 is 0 Å². The van der Waals surface area contributed by atoms with Crippen LogP contribution in [0.5, 0.6) is 0 Å². The van der Waals surface area contributed by atoms with Crippen molar-refractivity contribution in [2.45, 2.75) is 31.4 Å². The van der Waals surface area contributed by atoms with E-state index in [1.54, 1.807) is 0 Å². The Morgan fingerprint density at radius 2 is 2.00 bits per heavy atom. The number of nitrogens with zero attached hydrogens (tertiary/aromatic N) is 3. The smallest absolute Gasteiger partial charge is 0.353 e. The van der Waals surface area contributed by atoms with Crippen LogP contribution < -0.4 is 10.6 Å². The monoisotopic (exact) mass is 501 g/mol. The average molecular weight is 502 g/mol. The van der Waals surface area contributed by atoms with Crippen LogP contribution in [0.2, 0.25) is 5.02 Å². The van der Waals surface area contributed by atoms with Gasteiger partial charge in [-0.15, -0.1) is 11.3 Å². The van der Waals surface area contributed by atoms with Gasteiger partial charge in [0, 0.05) is 30.2 Å². The number of amides is 3. The standard InChI is InChI=1S/C17H14ClF6N5O2S/c1-7-13(30)25-2-3-29(7)15(31)28-11(10-6-32-14(27-10)17(22,23)24)8-4-9(18)12(26-5-8)16(19,20)21/h4-7,11H,2-3H2,1H3,(H,25,30)(H,28,31)/t7-,11+/m1/s1. The predicted molar refractivity (Wildman–Crippen MR) is 101 cm³/mol. The largest absolute Gasteiger partial charge is 0.443 e. The Morgan fingerprint density at radius 3 is 2.56 bits per heavy atom. The molecule has 7 nitrogen and oxygen atoms in total. The number of rotatable bonds is 3. The molecular formula is C17H14ClF6N5O2S. The zero-order valence-corrected chi connectivity index (χ0v) is 17.6. The van der Waals surface area contributed by atoms with Gasteiger partial charge in [0.15, 0.2) is 10.7 Å². The molecule has 174 valence electrons. The fourth-order valence-corrected chi connectivity index (χ4v) is 3.96. The van der Waals surface area contributed by atoms with Gasteiger partial charge in [-0.1, -0.05) is 11.6 Å². The molecule has 2 aromatic rings. The average Bonchev–Trinajstić information content (AvgIpc) is 3.17. The number of halogens is 7. The molecule has 2 N–H and O–H groups in total. The lowest BCUT2D eigenvalue weighted by molar-refractivity contribution is -0.141. The zero-order chi connectivity index (χ0) is 23.8. The van der Waals surface area contributed by atoms with Gasteiger partial charge in [-0.3, -0.25) is 4.79 Å². The molecule has 3 heterocycles. The molecule has 1 aliphatic rings. The van der Waals surface area contributed by atoms with E-state index in [0.29, 0.717) is 0 Å². The molecule has 1 fully saturated rings. The number of alkyl halides is 6. The van der Waals surface area contributed by atoms with Gasteiger partial charge in [0.25, 0.3) is 0 Å². The maximum atomic E-state index is 13.0. The number of piperazine rings is 1. The topological polar surface area (TPSA) is 87.2 Å². The second-order valence-corrected chi connectivity index (χ2v) is 7.98. The van der Waals surface area contributed by atoms with Crippen LogP contribution in [-0.2, 0) is 17.1 Å². The molecule has 0 radical (unpaired) electrons. The van der Waals surface area contributed by atoms with Crippen molar-refractivity contribution < 1.29 is 35.9 Å². The number of urea groups is 1. The van der Waals surface area contributed by atoms with Crippen LogP contribution in [0.25, 0.3) is 0 Å². The van der Waals surface area contributed by atoms with Crippen molar-refractivity contribution in [2.24, 2.45) is 0 Å². The van der Waals surface area contributed by atoms with Crippen LogP contribution >= 0.6 is 22.9 Å². The molecule has 1 aliphatic heterocycles. The van der Waals surface area contributed by atoms with E-state index in [-0.39, 0.29) is 35.7 Å². The van der Waals surface area contributed by atoms with E-state index in [4.69, 9.17) is 11.6 Å². The van der Waals surface area contributed by atoms with E-state index in [2.05, 4.69) is 20.6 Å². The Morgan fingerprint density at radius 1 is 1.31 bits per heavy atom. The van der Waals surface area contributed by atoms with Crippen LogP contribution in [0.3, 0.4) is 0 Å². The first kappa shape index (κ1) is 24.0. The van der Waals surface area contributed by atoms with Crippen molar-refractivity contribution >= 4 is 34.9 Å². The lowest BCUT2D eigenvalue weighted by atomic mass is 10.1. The van der Waals surface area contributed by atoms with Gasteiger partial charge in [-0.2, -0.15) is 26.3 Å². The van der Waals surface area contributed by atoms with Crippen molar-refractivity contribution in [3.8, 4) is 0 Å². The second kappa shape index (κ2) is 8.73. The highest BCUT2D eigenvalue weighted by Gasteiger charge is 2.38. The molecule has 0 spiro atoms. The summed E-state index contributed by atoms with van der Waals surface area (Å²) in [4.78, 5) is 32.5. The maximum absolute atomic E-state index is 13.0. The molecule has 0 aromatic carbocycles. The lowest BCUT2D eigenvalue weighted by Gasteiger charge is -2.34. The highest BCUT2D eigenvalue weighted by atomic mass is 35.5. The fourth-order valence-electron chi connectivity index (χ4n) is 2.96. The third-order valence-corrected chi connectivity index (χ3v) is 5.75. The van der Waals surface area contributed by atoms with E-state index in [1.807, 2.05) is 0 Å². The van der Waals surface area contributed by atoms with E-state index in [1.165, 1.54) is 6.92 Å². The Hall–Kier alpha value is -2.61. The number of nitrogens with one attached hydrogen (secondary N) is 2. The molecule has 2 atom stereocenters. The quantitative estimate of drug-likeness (QED) is 0.626. The van der Waals surface area contributed by atoms with Crippen LogP contribution in [-0.4, -0.2) is 45.9 Å².